The van der Waals surface area contributed by atoms with Crippen LogP contribution >= 0.6 is 0 Å². The van der Waals surface area contributed by atoms with Crippen molar-refractivity contribution in [3.8, 4) is 5.75 Å². The highest BCUT2D eigenvalue weighted by molar-refractivity contribution is 5.63. The average molecular weight is 300 g/mol. The van der Waals surface area contributed by atoms with E-state index < -0.39 is 6.16 Å². The molecule has 0 aromatic heterocycles. The lowest BCUT2D eigenvalue weighted by Crippen LogP contribution is -2.20. The van der Waals surface area contributed by atoms with Crippen molar-refractivity contribution in [2.24, 2.45) is 0 Å². The van der Waals surface area contributed by atoms with Crippen molar-refractivity contribution in [1.82, 2.24) is 0 Å². The van der Waals surface area contributed by atoms with Gasteiger partial charge in [-0.3, -0.25) is 0 Å². The normalized spacial score (nSPS) is 12.0. The molecule has 0 saturated heterocycles. The molecule has 0 fully saturated rings. The van der Waals surface area contributed by atoms with E-state index in [4.69, 9.17) is 14.2 Å². The van der Waals surface area contributed by atoms with Crippen molar-refractivity contribution in [2.45, 2.75) is 26.1 Å². The SMILES string of the molecule is CC(C)OC(COC(=O)Oc1ccccc1)c1ccccc1. The van der Waals surface area contributed by atoms with Gasteiger partial charge in [0.2, 0.25) is 0 Å². The van der Waals surface area contributed by atoms with Gasteiger partial charge in [-0.15, -0.1) is 0 Å². The van der Waals surface area contributed by atoms with Crippen molar-refractivity contribution in [3.05, 3.63) is 66.2 Å². The summed E-state index contributed by atoms with van der Waals surface area (Å²) in [4.78, 5) is 11.7. The van der Waals surface area contributed by atoms with Crippen LogP contribution in [-0.2, 0) is 9.47 Å². The second-order valence-corrected chi connectivity index (χ2v) is 5.06. The minimum Gasteiger partial charge on any atom is -0.431 e. The summed E-state index contributed by atoms with van der Waals surface area (Å²) in [5, 5.41) is 0. The Labute approximate surface area is 130 Å². The van der Waals surface area contributed by atoms with Crippen LogP contribution in [0.1, 0.15) is 25.5 Å². The Kier molecular flexibility index (Phi) is 5.98. The van der Waals surface area contributed by atoms with E-state index in [2.05, 4.69) is 0 Å². The maximum Gasteiger partial charge on any atom is 0.513 e. The average Bonchev–Trinajstić information content (AvgIpc) is 2.53. The molecule has 116 valence electrons. The molecule has 1 atom stereocenters. The molecule has 0 radical (unpaired) electrons. The van der Waals surface area contributed by atoms with E-state index in [0.29, 0.717) is 5.75 Å². The summed E-state index contributed by atoms with van der Waals surface area (Å²) in [6.45, 7) is 3.99. The summed E-state index contributed by atoms with van der Waals surface area (Å²) in [5.74, 6) is 0.452. The molecular weight excluding hydrogens is 280 g/mol. The molecule has 0 bridgehead atoms. The van der Waals surface area contributed by atoms with E-state index in [1.54, 1.807) is 24.3 Å². The van der Waals surface area contributed by atoms with Crippen molar-refractivity contribution in [3.63, 3.8) is 0 Å². The highest BCUT2D eigenvalue weighted by atomic mass is 16.7. The van der Waals surface area contributed by atoms with Gasteiger partial charge in [-0.1, -0.05) is 48.5 Å². The largest absolute Gasteiger partial charge is 0.513 e. The standard InChI is InChI=1S/C18H20O4/c1-14(2)21-17(15-9-5-3-6-10-15)13-20-18(19)22-16-11-7-4-8-12-16/h3-12,14,17H,13H2,1-2H3. The van der Waals surface area contributed by atoms with Crippen molar-refractivity contribution in [2.75, 3.05) is 6.61 Å². The van der Waals surface area contributed by atoms with Gasteiger partial charge in [0.1, 0.15) is 18.5 Å². The van der Waals surface area contributed by atoms with Crippen LogP contribution in [0.3, 0.4) is 0 Å². The van der Waals surface area contributed by atoms with Crippen molar-refractivity contribution in [1.29, 1.82) is 0 Å². The summed E-state index contributed by atoms with van der Waals surface area (Å²) in [7, 11) is 0. The molecule has 22 heavy (non-hydrogen) atoms. The first kappa shape index (κ1) is 16.0. The lowest BCUT2D eigenvalue weighted by Gasteiger charge is -2.20. The molecule has 0 N–H and O–H groups in total. The molecular formula is C18H20O4. The Balaban J connectivity index is 1.92. The molecule has 0 aliphatic carbocycles. The molecule has 2 rings (SSSR count). The Morgan fingerprint density at radius 3 is 2.14 bits per heavy atom. The first-order valence-electron chi connectivity index (χ1n) is 7.25. The van der Waals surface area contributed by atoms with Crippen LogP contribution < -0.4 is 4.74 Å². The first-order chi connectivity index (χ1) is 10.6. The molecule has 1 unspecified atom stereocenters. The van der Waals surface area contributed by atoms with Gasteiger partial charge in [0.05, 0.1) is 6.10 Å². The Hall–Kier alpha value is -2.33. The van der Waals surface area contributed by atoms with Gasteiger partial charge in [-0.05, 0) is 31.5 Å². The molecule has 0 heterocycles. The monoisotopic (exact) mass is 300 g/mol. The van der Waals surface area contributed by atoms with Crippen molar-refractivity contribution >= 4 is 6.16 Å². The lowest BCUT2D eigenvalue weighted by molar-refractivity contribution is -0.0356. The number of benzene rings is 2. The molecule has 0 amide bonds. The van der Waals surface area contributed by atoms with E-state index in [0.717, 1.165) is 5.56 Å². The summed E-state index contributed by atoms with van der Waals surface area (Å²) in [6, 6.07) is 18.5. The minimum absolute atomic E-state index is 0.0268. The number of para-hydroxylation sites is 1. The quantitative estimate of drug-likeness (QED) is 0.587. The Morgan fingerprint density at radius 2 is 1.55 bits per heavy atom. The summed E-state index contributed by atoms with van der Waals surface area (Å²) in [6.07, 6.45) is -1.03. The zero-order chi connectivity index (χ0) is 15.8. The van der Waals surface area contributed by atoms with Gasteiger partial charge in [-0.25, -0.2) is 4.79 Å². The number of rotatable bonds is 6. The second kappa shape index (κ2) is 8.20. The van der Waals surface area contributed by atoms with Crippen LogP contribution in [0, 0.1) is 0 Å². The molecule has 0 saturated carbocycles. The molecule has 2 aromatic carbocycles. The van der Waals surface area contributed by atoms with Crippen LogP contribution in [0.25, 0.3) is 0 Å². The maximum absolute atomic E-state index is 11.7. The molecule has 0 aliphatic rings. The van der Waals surface area contributed by atoms with E-state index >= 15 is 0 Å². The zero-order valence-corrected chi connectivity index (χ0v) is 12.8. The van der Waals surface area contributed by atoms with Crippen molar-refractivity contribution < 1.29 is 19.0 Å². The third kappa shape index (κ3) is 5.22. The third-order valence-electron chi connectivity index (χ3n) is 2.90. The maximum atomic E-state index is 11.7. The summed E-state index contributed by atoms with van der Waals surface area (Å²) < 4.78 is 16.1. The third-order valence-corrected chi connectivity index (χ3v) is 2.90. The van der Waals surface area contributed by atoms with Gasteiger partial charge in [0, 0.05) is 0 Å². The highest BCUT2D eigenvalue weighted by Crippen LogP contribution is 2.20. The van der Waals surface area contributed by atoms with Gasteiger partial charge < -0.3 is 14.2 Å². The fourth-order valence-corrected chi connectivity index (χ4v) is 1.97. The summed E-state index contributed by atoms with van der Waals surface area (Å²) >= 11 is 0. The Bertz CT molecular complexity index is 566. The van der Waals surface area contributed by atoms with Gasteiger partial charge in [0.15, 0.2) is 0 Å². The minimum atomic E-state index is -0.737. The first-order valence-corrected chi connectivity index (χ1v) is 7.25. The number of ether oxygens (including phenoxy) is 3. The van der Waals surface area contributed by atoms with E-state index in [1.165, 1.54) is 0 Å². The molecule has 0 spiro atoms. The van der Waals surface area contributed by atoms with E-state index in [9.17, 15) is 4.79 Å². The Morgan fingerprint density at radius 1 is 0.955 bits per heavy atom. The number of carbonyl (C=O) groups excluding carboxylic acids is 1. The van der Waals surface area contributed by atoms with E-state index in [1.807, 2.05) is 50.2 Å². The lowest BCUT2D eigenvalue weighted by atomic mass is 10.1. The van der Waals surface area contributed by atoms with Gasteiger partial charge >= 0.3 is 6.16 Å². The van der Waals surface area contributed by atoms with Gasteiger partial charge in [0.25, 0.3) is 0 Å². The molecule has 4 nitrogen and oxygen atoms in total. The summed E-state index contributed by atoms with van der Waals surface area (Å²) in [5.41, 5.74) is 0.962. The van der Waals surface area contributed by atoms with Crippen LogP contribution in [0.5, 0.6) is 5.75 Å². The fourth-order valence-electron chi connectivity index (χ4n) is 1.97. The van der Waals surface area contributed by atoms with Gasteiger partial charge in [-0.2, -0.15) is 0 Å². The predicted molar refractivity (Wildman–Crippen MR) is 83.8 cm³/mol. The highest BCUT2D eigenvalue weighted by Gasteiger charge is 2.17. The predicted octanol–water partition coefficient (Wildman–Crippen LogP) is 4.37. The molecule has 0 aliphatic heterocycles. The second-order valence-electron chi connectivity index (χ2n) is 5.06. The van der Waals surface area contributed by atoms with Crippen LogP contribution in [0.4, 0.5) is 4.79 Å². The van der Waals surface area contributed by atoms with Crippen LogP contribution in [-0.4, -0.2) is 18.9 Å². The smallest absolute Gasteiger partial charge is 0.431 e. The fraction of sp³-hybridized carbons (Fsp3) is 0.278. The number of hydrogen-bond donors (Lipinski definition) is 0. The topological polar surface area (TPSA) is 44.8 Å². The number of carbonyl (C=O) groups is 1. The van der Waals surface area contributed by atoms with E-state index in [-0.39, 0.29) is 18.8 Å². The number of hydrogen-bond acceptors (Lipinski definition) is 4. The molecule has 4 heteroatoms. The van der Waals surface area contributed by atoms with Crippen LogP contribution in [0.15, 0.2) is 60.7 Å². The van der Waals surface area contributed by atoms with Crippen LogP contribution in [0.2, 0.25) is 0 Å². The molecule has 2 aromatic rings. The zero-order valence-electron chi connectivity index (χ0n) is 12.8.